The second-order valence-electron chi connectivity index (χ2n) is 3.56. The lowest BCUT2D eigenvalue weighted by Crippen LogP contribution is -2.36. The average Bonchev–Trinajstić information content (AvgIpc) is 2.19. The number of carboxylic acids is 1. The van der Waals surface area contributed by atoms with Gasteiger partial charge in [-0.05, 0) is 31.5 Å². The van der Waals surface area contributed by atoms with Crippen molar-refractivity contribution in [2.45, 2.75) is 19.9 Å². The van der Waals surface area contributed by atoms with Crippen molar-refractivity contribution in [1.82, 2.24) is 0 Å². The van der Waals surface area contributed by atoms with E-state index in [0.29, 0.717) is 5.02 Å². The van der Waals surface area contributed by atoms with Crippen molar-refractivity contribution in [2.75, 3.05) is 11.9 Å². The van der Waals surface area contributed by atoms with Crippen LogP contribution in [0.4, 0.5) is 5.69 Å². The topological polar surface area (TPSA) is 40.5 Å². The van der Waals surface area contributed by atoms with Crippen LogP contribution >= 0.6 is 11.6 Å². The van der Waals surface area contributed by atoms with Gasteiger partial charge < -0.3 is 10.0 Å². The van der Waals surface area contributed by atoms with Gasteiger partial charge >= 0.3 is 5.97 Å². The third-order valence-electron chi connectivity index (χ3n) is 2.49. The SMILES string of the molecule is Cc1ccc(Cl)cc1N(C)C(C)C(=O)O. The molecule has 82 valence electrons. The maximum Gasteiger partial charge on any atom is 0.326 e. The molecule has 0 amide bonds. The zero-order valence-corrected chi connectivity index (χ0v) is 9.75. The Morgan fingerprint density at radius 1 is 1.53 bits per heavy atom. The number of anilines is 1. The van der Waals surface area contributed by atoms with Gasteiger partial charge in [0.05, 0.1) is 0 Å². The van der Waals surface area contributed by atoms with Crippen LogP contribution in [0.3, 0.4) is 0 Å². The van der Waals surface area contributed by atoms with Gasteiger partial charge in [0.15, 0.2) is 0 Å². The van der Waals surface area contributed by atoms with Gasteiger partial charge in [-0.1, -0.05) is 17.7 Å². The molecule has 1 rings (SSSR count). The molecule has 0 aliphatic rings. The molecule has 0 fully saturated rings. The Bertz CT molecular complexity index is 379. The molecule has 0 aliphatic carbocycles. The molecule has 1 aromatic rings. The molecule has 1 aromatic carbocycles. The lowest BCUT2D eigenvalue weighted by Gasteiger charge is -2.25. The van der Waals surface area contributed by atoms with Crippen LogP contribution in [0.1, 0.15) is 12.5 Å². The first kappa shape index (κ1) is 11.9. The largest absolute Gasteiger partial charge is 0.480 e. The summed E-state index contributed by atoms with van der Waals surface area (Å²) in [6.45, 7) is 3.57. The van der Waals surface area contributed by atoms with E-state index in [1.807, 2.05) is 13.0 Å². The van der Waals surface area contributed by atoms with Crippen molar-refractivity contribution in [3.63, 3.8) is 0 Å². The molecule has 0 bridgehead atoms. The Morgan fingerprint density at radius 2 is 2.13 bits per heavy atom. The van der Waals surface area contributed by atoms with Crippen LogP contribution < -0.4 is 4.90 Å². The highest BCUT2D eigenvalue weighted by Gasteiger charge is 2.18. The molecule has 1 atom stereocenters. The van der Waals surface area contributed by atoms with E-state index in [0.717, 1.165) is 11.3 Å². The number of hydrogen-bond acceptors (Lipinski definition) is 2. The highest BCUT2D eigenvalue weighted by molar-refractivity contribution is 6.30. The molecule has 0 saturated heterocycles. The Labute approximate surface area is 94.3 Å². The van der Waals surface area contributed by atoms with Gasteiger partial charge in [0.25, 0.3) is 0 Å². The number of halogens is 1. The average molecular weight is 228 g/mol. The number of benzene rings is 1. The van der Waals surface area contributed by atoms with Crippen LogP contribution in [0.15, 0.2) is 18.2 Å². The summed E-state index contributed by atoms with van der Waals surface area (Å²) >= 11 is 5.87. The summed E-state index contributed by atoms with van der Waals surface area (Å²) in [6.07, 6.45) is 0. The molecule has 0 heterocycles. The fourth-order valence-corrected chi connectivity index (χ4v) is 1.50. The normalized spacial score (nSPS) is 12.3. The third-order valence-corrected chi connectivity index (χ3v) is 2.72. The van der Waals surface area contributed by atoms with E-state index in [9.17, 15) is 4.79 Å². The van der Waals surface area contributed by atoms with E-state index in [2.05, 4.69) is 0 Å². The number of carboxylic acid groups (broad SMARTS) is 1. The van der Waals surface area contributed by atoms with Crippen LogP contribution in [0.2, 0.25) is 5.02 Å². The zero-order chi connectivity index (χ0) is 11.6. The van der Waals surface area contributed by atoms with E-state index in [-0.39, 0.29) is 0 Å². The molecule has 4 heteroatoms. The first-order valence-corrected chi connectivity index (χ1v) is 5.03. The first-order chi connectivity index (χ1) is 6.93. The number of aliphatic carboxylic acids is 1. The quantitative estimate of drug-likeness (QED) is 0.863. The lowest BCUT2D eigenvalue weighted by molar-refractivity contribution is -0.138. The maximum atomic E-state index is 10.8. The third kappa shape index (κ3) is 2.63. The van der Waals surface area contributed by atoms with Crippen LogP contribution in [0, 0.1) is 6.92 Å². The smallest absolute Gasteiger partial charge is 0.326 e. The molecule has 3 nitrogen and oxygen atoms in total. The van der Waals surface area contributed by atoms with Gasteiger partial charge in [0, 0.05) is 17.8 Å². The summed E-state index contributed by atoms with van der Waals surface area (Å²) in [5.74, 6) is -0.850. The van der Waals surface area contributed by atoms with Crippen LogP contribution in [-0.4, -0.2) is 24.2 Å². The van der Waals surface area contributed by atoms with E-state index >= 15 is 0 Å². The Kier molecular flexibility index (Phi) is 3.58. The van der Waals surface area contributed by atoms with Crippen LogP contribution in [0.5, 0.6) is 0 Å². The predicted octanol–water partition coefficient (Wildman–Crippen LogP) is 2.56. The molecule has 0 aromatic heterocycles. The highest BCUT2D eigenvalue weighted by atomic mass is 35.5. The molecule has 0 saturated carbocycles. The molecular weight excluding hydrogens is 214 g/mol. The van der Waals surface area contributed by atoms with Crippen LogP contribution in [-0.2, 0) is 4.79 Å². The second kappa shape index (κ2) is 4.53. The highest BCUT2D eigenvalue weighted by Crippen LogP contribution is 2.24. The van der Waals surface area contributed by atoms with Crippen LogP contribution in [0.25, 0.3) is 0 Å². The standard InChI is InChI=1S/C11H14ClNO2/c1-7-4-5-9(12)6-10(7)13(3)8(2)11(14)15/h4-6,8H,1-3H3,(H,14,15). The number of aryl methyl sites for hydroxylation is 1. The van der Waals surface area contributed by atoms with Crippen molar-refractivity contribution in [1.29, 1.82) is 0 Å². The number of likely N-dealkylation sites (N-methyl/N-ethyl adjacent to an activating group) is 1. The molecule has 0 spiro atoms. The minimum Gasteiger partial charge on any atom is -0.480 e. The first-order valence-electron chi connectivity index (χ1n) is 4.65. The summed E-state index contributed by atoms with van der Waals surface area (Å²) in [7, 11) is 1.75. The summed E-state index contributed by atoms with van der Waals surface area (Å²) in [6, 6.07) is 4.88. The Hall–Kier alpha value is -1.22. The molecular formula is C11H14ClNO2. The van der Waals surface area contributed by atoms with Crippen molar-refractivity contribution < 1.29 is 9.90 Å². The molecule has 0 radical (unpaired) electrons. The molecule has 15 heavy (non-hydrogen) atoms. The second-order valence-corrected chi connectivity index (χ2v) is 3.99. The van der Waals surface area contributed by atoms with Gasteiger partial charge in [-0.2, -0.15) is 0 Å². The monoisotopic (exact) mass is 227 g/mol. The van der Waals surface area contributed by atoms with E-state index < -0.39 is 12.0 Å². The molecule has 0 aliphatic heterocycles. The number of rotatable bonds is 3. The Balaban J connectivity index is 3.04. The summed E-state index contributed by atoms with van der Waals surface area (Å²) in [5.41, 5.74) is 1.85. The number of nitrogens with zero attached hydrogens (tertiary/aromatic N) is 1. The molecule has 1 unspecified atom stereocenters. The minimum atomic E-state index is -0.850. The van der Waals surface area contributed by atoms with Gasteiger partial charge in [0.1, 0.15) is 6.04 Å². The fourth-order valence-electron chi connectivity index (χ4n) is 1.34. The Morgan fingerprint density at radius 3 is 2.67 bits per heavy atom. The minimum absolute atomic E-state index is 0.567. The number of carbonyl (C=O) groups is 1. The summed E-state index contributed by atoms with van der Waals surface area (Å²) in [5, 5.41) is 9.51. The van der Waals surface area contributed by atoms with Gasteiger partial charge in [-0.3, -0.25) is 0 Å². The van der Waals surface area contributed by atoms with Crippen molar-refractivity contribution in [2.24, 2.45) is 0 Å². The van der Waals surface area contributed by atoms with E-state index in [1.54, 1.807) is 31.0 Å². The number of hydrogen-bond donors (Lipinski definition) is 1. The van der Waals surface area contributed by atoms with Gasteiger partial charge in [-0.25, -0.2) is 4.79 Å². The maximum absolute atomic E-state index is 10.8. The van der Waals surface area contributed by atoms with Gasteiger partial charge in [0.2, 0.25) is 0 Å². The van der Waals surface area contributed by atoms with Crippen molar-refractivity contribution in [3.8, 4) is 0 Å². The molecule has 1 N–H and O–H groups in total. The van der Waals surface area contributed by atoms with E-state index in [4.69, 9.17) is 16.7 Å². The fraction of sp³-hybridized carbons (Fsp3) is 0.364. The van der Waals surface area contributed by atoms with Crippen molar-refractivity contribution >= 4 is 23.3 Å². The zero-order valence-electron chi connectivity index (χ0n) is 8.99. The van der Waals surface area contributed by atoms with Gasteiger partial charge in [-0.15, -0.1) is 0 Å². The lowest BCUT2D eigenvalue weighted by atomic mass is 10.1. The summed E-state index contributed by atoms with van der Waals surface area (Å²) in [4.78, 5) is 12.5. The summed E-state index contributed by atoms with van der Waals surface area (Å²) < 4.78 is 0. The predicted molar refractivity (Wildman–Crippen MR) is 61.7 cm³/mol. The van der Waals surface area contributed by atoms with Crippen molar-refractivity contribution in [3.05, 3.63) is 28.8 Å². The van der Waals surface area contributed by atoms with E-state index in [1.165, 1.54) is 0 Å².